The van der Waals surface area contributed by atoms with Gasteiger partial charge >= 0.3 is 0 Å². The molecule has 0 aliphatic rings. The fourth-order valence-electron chi connectivity index (χ4n) is 1.63. The number of nitriles is 1. The third-order valence-corrected chi connectivity index (χ3v) is 3.26. The first kappa shape index (κ1) is 8.26. The maximum Gasteiger partial charge on any atom is 0.197 e. The summed E-state index contributed by atoms with van der Waals surface area (Å²) in [6.07, 6.45) is 0. The van der Waals surface area contributed by atoms with Crippen molar-refractivity contribution in [3.05, 3.63) is 29.1 Å². The van der Waals surface area contributed by atoms with Crippen LogP contribution in [0, 0.1) is 11.3 Å². The van der Waals surface area contributed by atoms with Gasteiger partial charge in [0.2, 0.25) is 0 Å². The fourth-order valence-corrected chi connectivity index (χ4v) is 2.49. The second-order valence-electron chi connectivity index (χ2n) is 3.15. The van der Waals surface area contributed by atoms with Gasteiger partial charge in [-0.05, 0) is 12.1 Å². The quantitative estimate of drug-likeness (QED) is 0.622. The molecule has 15 heavy (non-hydrogen) atoms. The number of nitrogens with two attached hydrogens (primary N) is 1. The molecule has 5 heteroatoms. The zero-order valence-corrected chi connectivity index (χ0v) is 8.45. The zero-order valence-electron chi connectivity index (χ0n) is 7.64. The van der Waals surface area contributed by atoms with Crippen LogP contribution in [0.3, 0.4) is 0 Å². The van der Waals surface area contributed by atoms with E-state index in [1.807, 2.05) is 28.7 Å². The fraction of sp³-hybridized carbons (Fsp3) is 0. The van der Waals surface area contributed by atoms with Crippen molar-refractivity contribution in [2.45, 2.75) is 0 Å². The largest absolute Gasteiger partial charge is 0.383 e. The summed E-state index contributed by atoms with van der Waals surface area (Å²) in [4.78, 5) is 5.68. The van der Waals surface area contributed by atoms with Crippen LogP contribution in [0.15, 0.2) is 24.3 Å². The number of nitrogens with zero attached hydrogens (tertiary/aromatic N) is 3. The summed E-state index contributed by atoms with van der Waals surface area (Å²) in [6.45, 7) is 0. The molecule has 3 aromatic rings. The van der Waals surface area contributed by atoms with Crippen LogP contribution in [0.4, 0.5) is 5.82 Å². The smallest absolute Gasteiger partial charge is 0.197 e. The van der Waals surface area contributed by atoms with Crippen LogP contribution in [0.1, 0.15) is 4.88 Å². The Hall–Kier alpha value is -2.06. The van der Waals surface area contributed by atoms with Crippen molar-refractivity contribution in [1.82, 2.24) is 9.38 Å². The summed E-state index contributed by atoms with van der Waals surface area (Å²) in [5.41, 5.74) is 7.72. The van der Waals surface area contributed by atoms with Crippen molar-refractivity contribution in [1.29, 1.82) is 5.26 Å². The van der Waals surface area contributed by atoms with Gasteiger partial charge in [0.1, 0.15) is 16.8 Å². The van der Waals surface area contributed by atoms with E-state index in [2.05, 4.69) is 11.1 Å². The summed E-state index contributed by atoms with van der Waals surface area (Å²) in [5.74, 6) is 0.478. The first-order valence-corrected chi connectivity index (χ1v) is 5.18. The predicted molar refractivity (Wildman–Crippen MR) is 59.7 cm³/mol. The zero-order chi connectivity index (χ0) is 10.4. The first-order chi connectivity index (χ1) is 7.31. The molecular weight excluding hydrogens is 208 g/mol. The lowest BCUT2D eigenvalue weighted by Crippen LogP contribution is -1.92. The average Bonchev–Trinajstić information content (AvgIpc) is 2.75. The molecule has 0 bridgehead atoms. The highest BCUT2D eigenvalue weighted by Crippen LogP contribution is 2.28. The molecule has 0 aliphatic heterocycles. The van der Waals surface area contributed by atoms with E-state index in [1.165, 1.54) is 11.3 Å². The number of hydrogen-bond donors (Lipinski definition) is 1. The van der Waals surface area contributed by atoms with E-state index in [4.69, 9.17) is 11.0 Å². The number of rotatable bonds is 0. The SMILES string of the molecule is N#Cc1sc2nc3ccccc3n2c1N. The lowest BCUT2D eigenvalue weighted by atomic mass is 10.3. The van der Waals surface area contributed by atoms with Crippen LogP contribution < -0.4 is 5.73 Å². The number of para-hydroxylation sites is 2. The maximum absolute atomic E-state index is 8.85. The average molecular weight is 214 g/mol. The van der Waals surface area contributed by atoms with Crippen LogP contribution in [-0.4, -0.2) is 9.38 Å². The van der Waals surface area contributed by atoms with E-state index in [0.717, 1.165) is 16.0 Å². The van der Waals surface area contributed by atoms with Gasteiger partial charge in [-0.3, -0.25) is 4.40 Å². The van der Waals surface area contributed by atoms with Crippen LogP contribution in [-0.2, 0) is 0 Å². The molecule has 0 saturated heterocycles. The summed E-state index contributed by atoms with van der Waals surface area (Å²) in [5, 5.41) is 8.85. The van der Waals surface area contributed by atoms with E-state index < -0.39 is 0 Å². The number of thiazole rings is 1. The van der Waals surface area contributed by atoms with Crippen molar-refractivity contribution in [2.75, 3.05) is 5.73 Å². The Morgan fingerprint density at radius 2 is 2.20 bits per heavy atom. The number of aromatic nitrogens is 2. The van der Waals surface area contributed by atoms with Crippen molar-refractivity contribution >= 4 is 33.1 Å². The minimum absolute atomic E-state index is 0.478. The van der Waals surface area contributed by atoms with Gasteiger partial charge in [0.15, 0.2) is 4.96 Å². The van der Waals surface area contributed by atoms with Crippen LogP contribution in [0.25, 0.3) is 16.0 Å². The van der Waals surface area contributed by atoms with E-state index in [1.54, 1.807) is 0 Å². The number of anilines is 1. The summed E-state index contributed by atoms with van der Waals surface area (Å²) in [6, 6.07) is 9.80. The highest BCUT2D eigenvalue weighted by Gasteiger charge is 2.13. The lowest BCUT2D eigenvalue weighted by Gasteiger charge is -1.92. The summed E-state index contributed by atoms with van der Waals surface area (Å²) >= 11 is 1.32. The highest BCUT2D eigenvalue weighted by molar-refractivity contribution is 7.18. The van der Waals surface area contributed by atoms with E-state index in [-0.39, 0.29) is 0 Å². The summed E-state index contributed by atoms with van der Waals surface area (Å²) in [7, 11) is 0. The molecule has 1 aromatic carbocycles. The topological polar surface area (TPSA) is 67.1 Å². The maximum atomic E-state index is 8.85. The number of nitrogen functional groups attached to an aromatic ring is 1. The molecule has 2 N–H and O–H groups in total. The lowest BCUT2D eigenvalue weighted by molar-refractivity contribution is 1.28. The summed E-state index contributed by atoms with van der Waals surface area (Å²) < 4.78 is 1.82. The molecule has 3 rings (SSSR count). The molecule has 0 atom stereocenters. The number of fused-ring (bicyclic) bond motifs is 3. The van der Waals surface area contributed by atoms with Gasteiger partial charge in [-0.15, -0.1) is 0 Å². The first-order valence-electron chi connectivity index (χ1n) is 4.37. The van der Waals surface area contributed by atoms with Gasteiger partial charge in [-0.25, -0.2) is 4.98 Å². The van der Waals surface area contributed by atoms with E-state index in [9.17, 15) is 0 Å². The Labute approximate surface area is 89.2 Å². The van der Waals surface area contributed by atoms with Crippen molar-refractivity contribution in [2.24, 2.45) is 0 Å². The standard InChI is InChI=1S/C10H6N4S/c11-5-8-9(12)14-7-4-2-1-3-6(7)13-10(14)15-8/h1-4H,12H2. The molecule has 2 aromatic heterocycles. The molecule has 0 unspecified atom stereocenters. The van der Waals surface area contributed by atoms with Crippen molar-refractivity contribution in [3.8, 4) is 6.07 Å². The minimum Gasteiger partial charge on any atom is -0.383 e. The molecule has 0 aliphatic carbocycles. The van der Waals surface area contributed by atoms with Crippen LogP contribution >= 0.6 is 11.3 Å². The normalized spacial score (nSPS) is 10.9. The molecule has 0 spiro atoms. The number of imidazole rings is 1. The molecule has 0 amide bonds. The Morgan fingerprint density at radius 1 is 1.40 bits per heavy atom. The van der Waals surface area contributed by atoms with Gasteiger partial charge < -0.3 is 5.73 Å². The molecule has 72 valence electrons. The van der Waals surface area contributed by atoms with Crippen molar-refractivity contribution < 1.29 is 0 Å². The molecule has 4 nitrogen and oxygen atoms in total. The third kappa shape index (κ3) is 0.966. The molecular formula is C10H6N4S. The minimum atomic E-state index is 0.478. The Balaban J connectivity index is 2.58. The van der Waals surface area contributed by atoms with Gasteiger partial charge in [0, 0.05) is 0 Å². The third-order valence-electron chi connectivity index (χ3n) is 2.30. The molecule has 2 heterocycles. The highest BCUT2D eigenvalue weighted by atomic mass is 32.1. The second kappa shape index (κ2) is 2.72. The van der Waals surface area contributed by atoms with Gasteiger partial charge in [-0.2, -0.15) is 5.26 Å². The molecule has 0 fully saturated rings. The van der Waals surface area contributed by atoms with Crippen LogP contribution in [0.5, 0.6) is 0 Å². The van der Waals surface area contributed by atoms with Crippen LogP contribution in [0.2, 0.25) is 0 Å². The molecule has 0 saturated carbocycles. The monoisotopic (exact) mass is 214 g/mol. The Morgan fingerprint density at radius 3 is 3.00 bits per heavy atom. The second-order valence-corrected chi connectivity index (χ2v) is 4.12. The Kier molecular flexibility index (Phi) is 1.50. The molecule has 0 radical (unpaired) electrons. The van der Waals surface area contributed by atoms with E-state index >= 15 is 0 Å². The number of hydrogen-bond acceptors (Lipinski definition) is 4. The predicted octanol–water partition coefficient (Wildman–Crippen LogP) is 2.00. The van der Waals surface area contributed by atoms with E-state index in [0.29, 0.717) is 10.7 Å². The van der Waals surface area contributed by atoms with Gasteiger partial charge in [-0.1, -0.05) is 23.5 Å². The van der Waals surface area contributed by atoms with Crippen molar-refractivity contribution in [3.63, 3.8) is 0 Å². The van der Waals surface area contributed by atoms with Gasteiger partial charge in [0.05, 0.1) is 11.0 Å². The number of benzene rings is 1. The van der Waals surface area contributed by atoms with Gasteiger partial charge in [0.25, 0.3) is 0 Å². The Bertz CT molecular complexity index is 701.